The summed E-state index contributed by atoms with van der Waals surface area (Å²) in [5.74, 6) is -0.174. The number of carbonyl (C=O) groups is 1. The van der Waals surface area contributed by atoms with E-state index in [1.165, 1.54) is 34.3 Å². The number of nitrogens with zero attached hydrogens (tertiary/aromatic N) is 3. The summed E-state index contributed by atoms with van der Waals surface area (Å²) in [4.78, 5) is 17.0. The van der Waals surface area contributed by atoms with Crippen LogP contribution in [0.4, 0.5) is 5.69 Å². The number of thioether (sulfide) groups is 1. The second-order valence-electron chi connectivity index (χ2n) is 7.41. The van der Waals surface area contributed by atoms with Crippen molar-refractivity contribution in [2.45, 2.75) is 29.4 Å². The lowest BCUT2D eigenvalue weighted by Crippen LogP contribution is -2.28. The van der Waals surface area contributed by atoms with E-state index in [1.807, 2.05) is 41.1 Å². The van der Waals surface area contributed by atoms with Crippen LogP contribution in [0.15, 0.2) is 71.0 Å². The summed E-state index contributed by atoms with van der Waals surface area (Å²) in [6, 6.07) is 14.4. The minimum atomic E-state index is -3.59. The van der Waals surface area contributed by atoms with Gasteiger partial charge in [0.05, 0.1) is 21.4 Å². The lowest BCUT2D eigenvalue weighted by atomic mass is 10.2. The maximum absolute atomic E-state index is 12.8. The number of carbonyl (C=O) groups excluding carboxylic acids is 1. The molecule has 1 amide bonds. The molecule has 0 atom stereocenters. The third kappa shape index (κ3) is 5.35. The number of sulfonamides is 1. The van der Waals surface area contributed by atoms with Crippen LogP contribution >= 0.6 is 23.4 Å². The molecule has 32 heavy (non-hydrogen) atoms. The van der Waals surface area contributed by atoms with Gasteiger partial charge in [0, 0.05) is 32.0 Å². The van der Waals surface area contributed by atoms with E-state index in [0.717, 1.165) is 23.6 Å². The van der Waals surface area contributed by atoms with Crippen LogP contribution in [0, 0.1) is 0 Å². The predicted molar refractivity (Wildman–Crippen MR) is 127 cm³/mol. The summed E-state index contributed by atoms with van der Waals surface area (Å²) in [5.41, 5.74) is 1.42. The number of benzene rings is 2. The largest absolute Gasteiger partial charge is 0.324 e. The van der Waals surface area contributed by atoms with E-state index < -0.39 is 10.0 Å². The first kappa shape index (κ1) is 22.8. The smallest absolute Gasteiger partial charge is 0.243 e. The Morgan fingerprint density at radius 2 is 1.88 bits per heavy atom. The average Bonchev–Trinajstić information content (AvgIpc) is 3.47. The molecule has 1 aromatic heterocycles. The van der Waals surface area contributed by atoms with Crippen molar-refractivity contribution in [1.29, 1.82) is 0 Å². The second-order valence-corrected chi connectivity index (χ2v) is 10.7. The molecule has 1 fully saturated rings. The van der Waals surface area contributed by atoms with Crippen LogP contribution in [-0.4, -0.2) is 47.0 Å². The first-order chi connectivity index (χ1) is 15.4. The molecule has 168 valence electrons. The SMILES string of the molecule is O=C(CSc1nccn1Cc1ccccc1)Nc1cc(S(=O)(=O)N2CCCC2)ccc1Cl. The maximum atomic E-state index is 12.8. The van der Waals surface area contributed by atoms with Crippen LogP contribution in [0.1, 0.15) is 18.4 Å². The first-order valence-corrected chi connectivity index (χ1v) is 13.0. The van der Waals surface area contributed by atoms with Crippen molar-refractivity contribution in [3.05, 3.63) is 71.5 Å². The first-order valence-electron chi connectivity index (χ1n) is 10.2. The van der Waals surface area contributed by atoms with E-state index >= 15 is 0 Å². The molecule has 1 saturated heterocycles. The lowest BCUT2D eigenvalue weighted by molar-refractivity contribution is -0.113. The van der Waals surface area contributed by atoms with Gasteiger partial charge in [-0.25, -0.2) is 13.4 Å². The highest BCUT2D eigenvalue weighted by atomic mass is 35.5. The van der Waals surface area contributed by atoms with E-state index in [-0.39, 0.29) is 27.3 Å². The molecule has 2 aromatic carbocycles. The Kier molecular flexibility index (Phi) is 7.20. The molecule has 0 aliphatic carbocycles. The zero-order chi connectivity index (χ0) is 22.6. The molecule has 1 N–H and O–H groups in total. The van der Waals surface area contributed by atoms with E-state index in [2.05, 4.69) is 10.3 Å². The van der Waals surface area contributed by atoms with E-state index in [4.69, 9.17) is 11.6 Å². The van der Waals surface area contributed by atoms with Crippen LogP contribution in [0.3, 0.4) is 0 Å². The fraction of sp³-hybridized carbons (Fsp3) is 0.273. The molecule has 0 bridgehead atoms. The third-order valence-corrected chi connectivity index (χ3v) is 8.35. The number of halogens is 1. The Labute approximate surface area is 196 Å². The molecule has 7 nitrogen and oxygen atoms in total. The summed E-state index contributed by atoms with van der Waals surface area (Å²) < 4.78 is 29.1. The zero-order valence-corrected chi connectivity index (χ0v) is 19.7. The molecule has 0 saturated carbocycles. The highest BCUT2D eigenvalue weighted by Gasteiger charge is 2.27. The Hall–Kier alpha value is -2.33. The van der Waals surface area contributed by atoms with Crippen molar-refractivity contribution >= 4 is 45.0 Å². The number of nitrogens with one attached hydrogen (secondary N) is 1. The second kappa shape index (κ2) is 10.1. The summed E-state index contributed by atoms with van der Waals surface area (Å²) in [6.45, 7) is 1.69. The molecule has 0 radical (unpaired) electrons. The Morgan fingerprint density at radius 3 is 2.62 bits per heavy atom. The molecule has 0 spiro atoms. The Morgan fingerprint density at radius 1 is 1.12 bits per heavy atom. The monoisotopic (exact) mass is 490 g/mol. The van der Waals surface area contributed by atoms with Crippen molar-refractivity contribution in [2.24, 2.45) is 0 Å². The quantitative estimate of drug-likeness (QED) is 0.480. The van der Waals surface area contributed by atoms with E-state index in [9.17, 15) is 13.2 Å². The highest BCUT2D eigenvalue weighted by molar-refractivity contribution is 7.99. The standard InChI is InChI=1S/C22H23ClN4O3S2/c23-19-9-8-18(32(29,30)27-11-4-5-12-27)14-20(19)25-21(28)16-31-22-24-10-13-26(22)15-17-6-2-1-3-7-17/h1-3,6-10,13-14H,4-5,11-12,15-16H2,(H,25,28). The summed E-state index contributed by atoms with van der Waals surface area (Å²) in [6.07, 6.45) is 5.28. The molecular formula is C22H23ClN4O3S2. The molecule has 2 heterocycles. The van der Waals surface area contributed by atoms with Gasteiger partial charge in [0.25, 0.3) is 0 Å². The predicted octanol–water partition coefficient (Wildman–Crippen LogP) is 4.10. The van der Waals surface area contributed by atoms with Crippen LogP contribution in [0.2, 0.25) is 5.02 Å². The Balaban J connectivity index is 1.40. The minimum Gasteiger partial charge on any atom is -0.324 e. The number of aromatic nitrogens is 2. The van der Waals surface area contributed by atoms with Crippen LogP contribution in [0.5, 0.6) is 0 Å². The van der Waals surface area contributed by atoms with Crippen molar-refractivity contribution < 1.29 is 13.2 Å². The number of hydrogen-bond acceptors (Lipinski definition) is 5. The third-order valence-electron chi connectivity index (χ3n) is 5.12. The van der Waals surface area contributed by atoms with E-state index in [1.54, 1.807) is 6.20 Å². The summed E-state index contributed by atoms with van der Waals surface area (Å²) >= 11 is 7.53. The molecule has 3 aromatic rings. The minimum absolute atomic E-state index is 0.116. The van der Waals surface area contributed by atoms with Crippen LogP contribution < -0.4 is 5.32 Å². The van der Waals surface area contributed by atoms with Crippen molar-refractivity contribution in [3.8, 4) is 0 Å². The van der Waals surface area contributed by atoms with Gasteiger partial charge in [-0.05, 0) is 36.6 Å². The average molecular weight is 491 g/mol. The fourth-order valence-corrected chi connectivity index (χ4v) is 5.96. The van der Waals surface area contributed by atoms with Crippen molar-refractivity contribution in [2.75, 3.05) is 24.2 Å². The fourth-order valence-electron chi connectivity index (χ4n) is 3.49. The van der Waals surface area contributed by atoms with Gasteiger partial charge in [-0.3, -0.25) is 4.79 Å². The summed E-state index contributed by atoms with van der Waals surface area (Å²) in [7, 11) is -3.59. The van der Waals surface area contributed by atoms with Gasteiger partial charge >= 0.3 is 0 Å². The summed E-state index contributed by atoms with van der Waals surface area (Å²) in [5, 5.41) is 3.74. The highest BCUT2D eigenvalue weighted by Crippen LogP contribution is 2.29. The normalized spacial score (nSPS) is 14.5. The molecule has 1 aliphatic rings. The van der Waals surface area contributed by atoms with E-state index in [0.29, 0.717) is 19.6 Å². The van der Waals surface area contributed by atoms with Gasteiger partial charge in [-0.1, -0.05) is 53.7 Å². The number of rotatable bonds is 8. The van der Waals surface area contributed by atoms with Gasteiger partial charge in [0.2, 0.25) is 15.9 Å². The van der Waals surface area contributed by atoms with Crippen molar-refractivity contribution in [1.82, 2.24) is 13.9 Å². The van der Waals surface area contributed by atoms with Gasteiger partial charge in [-0.15, -0.1) is 0 Å². The number of hydrogen-bond donors (Lipinski definition) is 1. The number of imidazole rings is 1. The molecule has 0 unspecified atom stereocenters. The van der Waals surface area contributed by atoms with Gasteiger partial charge in [-0.2, -0.15) is 4.31 Å². The van der Waals surface area contributed by atoms with Gasteiger partial charge in [0.1, 0.15) is 0 Å². The lowest BCUT2D eigenvalue weighted by Gasteiger charge is -2.16. The molecule has 4 rings (SSSR count). The number of anilines is 1. The van der Waals surface area contributed by atoms with Gasteiger partial charge in [0.15, 0.2) is 5.16 Å². The van der Waals surface area contributed by atoms with Crippen LogP contribution in [-0.2, 0) is 21.4 Å². The van der Waals surface area contributed by atoms with Crippen LogP contribution in [0.25, 0.3) is 0 Å². The molecule has 1 aliphatic heterocycles. The van der Waals surface area contributed by atoms with Crippen molar-refractivity contribution in [3.63, 3.8) is 0 Å². The van der Waals surface area contributed by atoms with Gasteiger partial charge < -0.3 is 9.88 Å². The maximum Gasteiger partial charge on any atom is 0.243 e. The number of amides is 1. The topological polar surface area (TPSA) is 84.3 Å². The Bertz CT molecular complexity index is 1190. The molecular weight excluding hydrogens is 468 g/mol. The zero-order valence-electron chi connectivity index (χ0n) is 17.3. The molecule has 10 heteroatoms.